The number of aromatic nitrogens is 2. The molecule has 0 amide bonds. The topological polar surface area (TPSA) is 45.4 Å². The number of hydrogen-bond donors (Lipinski definition) is 1. The van der Waals surface area contributed by atoms with Crippen molar-refractivity contribution in [2.24, 2.45) is 10.1 Å². The van der Waals surface area contributed by atoms with Crippen LogP contribution in [0.2, 0.25) is 0 Å². The molecule has 0 fully saturated rings. The lowest BCUT2D eigenvalue weighted by Gasteiger charge is -2.01. The summed E-state index contributed by atoms with van der Waals surface area (Å²) in [5.74, 6) is -1.35. The highest BCUT2D eigenvalue weighted by Crippen LogP contribution is 2.26. The summed E-state index contributed by atoms with van der Waals surface area (Å²) in [5.41, 5.74) is 1.75. The van der Waals surface area contributed by atoms with Crippen LogP contribution in [0.4, 0.5) is 14.5 Å². The minimum absolute atomic E-state index is 0.0646. The number of thiazole rings is 1. The zero-order valence-electron chi connectivity index (χ0n) is 13.3. The Bertz CT molecular complexity index is 1110. The van der Waals surface area contributed by atoms with E-state index < -0.39 is 11.6 Å². The maximum Gasteiger partial charge on any atom is 0.211 e. The fourth-order valence-electron chi connectivity index (χ4n) is 2.30. The van der Waals surface area contributed by atoms with Crippen LogP contribution in [0.15, 0.2) is 69.5 Å². The SMILES string of the molecule is Fc1ccc(N=c2scc(-c3cccs3)n2N=Cc2ccc[nH]2)c(F)c1. The molecule has 1 N–H and O–H groups in total. The standard InChI is InChI=1S/C18H12F2N4S2/c19-12-5-6-15(14(20)9-12)23-18-24(22-10-13-3-1-7-21-13)16(11-26-18)17-4-2-8-25-17/h1-11,21H. The van der Waals surface area contributed by atoms with Crippen molar-refractivity contribution in [3.63, 3.8) is 0 Å². The average molecular weight is 386 g/mol. The molecule has 0 saturated heterocycles. The van der Waals surface area contributed by atoms with E-state index in [4.69, 9.17) is 0 Å². The van der Waals surface area contributed by atoms with Gasteiger partial charge in [0.2, 0.25) is 4.80 Å². The van der Waals surface area contributed by atoms with Gasteiger partial charge in [-0.15, -0.1) is 22.7 Å². The molecular formula is C18H12F2N4S2. The van der Waals surface area contributed by atoms with E-state index in [2.05, 4.69) is 15.1 Å². The lowest BCUT2D eigenvalue weighted by Crippen LogP contribution is -2.11. The summed E-state index contributed by atoms with van der Waals surface area (Å²) in [6, 6.07) is 11.0. The average Bonchev–Trinajstić information content (AvgIpc) is 3.37. The molecule has 0 unspecified atom stereocenters. The van der Waals surface area contributed by atoms with Crippen LogP contribution in [0.5, 0.6) is 0 Å². The highest BCUT2D eigenvalue weighted by molar-refractivity contribution is 7.14. The summed E-state index contributed by atoms with van der Waals surface area (Å²) in [6.07, 6.45) is 3.48. The molecule has 0 spiro atoms. The number of rotatable bonds is 4. The third-order valence-electron chi connectivity index (χ3n) is 3.52. The fourth-order valence-corrected chi connectivity index (χ4v) is 3.94. The Morgan fingerprint density at radius 3 is 2.73 bits per heavy atom. The third kappa shape index (κ3) is 3.42. The molecule has 130 valence electrons. The van der Waals surface area contributed by atoms with Gasteiger partial charge in [-0.05, 0) is 35.7 Å². The number of nitrogens with zero attached hydrogens (tertiary/aromatic N) is 3. The van der Waals surface area contributed by atoms with E-state index in [1.807, 2.05) is 35.0 Å². The second kappa shape index (κ2) is 7.19. The second-order valence-electron chi connectivity index (χ2n) is 5.27. The molecule has 4 nitrogen and oxygen atoms in total. The van der Waals surface area contributed by atoms with Crippen LogP contribution in [-0.4, -0.2) is 15.9 Å². The number of nitrogens with one attached hydrogen (secondary N) is 1. The van der Waals surface area contributed by atoms with Crippen molar-refractivity contribution in [2.45, 2.75) is 0 Å². The maximum absolute atomic E-state index is 14.0. The van der Waals surface area contributed by atoms with Gasteiger partial charge in [0.1, 0.15) is 11.5 Å². The van der Waals surface area contributed by atoms with Gasteiger partial charge < -0.3 is 4.98 Å². The molecule has 8 heteroatoms. The number of benzene rings is 1. The lowest BCUT2D eigenvalue weighted by molar-refractivity contribution is 0.584. The Morgan fingerprint density at radius 1 is 1.08 bits per heavy atom. The van der Waals surface area contributed by atoms with E-state index >= 15 is 0 Å². The molecule has 0 bridgehead atoms. The van der Waals surface area contributed by atoms with Crippen molar-refractivity contribution >= 4 is 34.6 Å². The van der Waals surface area contributed by atoms with E-state index in [0.717, 1.165) is 22.3 Å². The van der Waals surface area contributed by atoms with E-state index in [1.54, 1.807) is 28.4 Å². The first kappa shape index (κ1) is 16.6. The van der Waals surface area contributed by atoms with E-state index in [9.17, 15) is 8.78 Å². The normalized spacial score (nSPS) is 12.3. The van der Waals surface area contributed by atoms with Crippen molar-refractivity contribution in [3.8, 4) is 10.6 Å². The Labute approximate surface area is 155 Å². The van der Waals surface area contributed by atoms with Gasteiger partial charge >= 0.3 is 0 Å². The van der Waals surface area contributed by atoms with E-state index in [1.165, 1.54) is 23.5 Å². The number of halogens is 2. The van der Waals surface area contributed by atoms with Crippen LogP contribution < -0.4 is 4.80 Å². The van der Waals surface area contributed by atoms with Gasteiger partial charge in [0, 0.05) is 17.6 Å². The summed E-state index contributed by atoms with van der Waals surface area (Å²) in [6.45, 7) is 0. The molecule has 0 aliphatic rings. The second-order valence-corrected chi connectivity index (χ2v) is 7.05. The zero-order valence-corrected chi connectivity index (χ0v) is 14.9. The third-order valence-corrected chi connectivity index (χ3v) is 5.23. The minimum atomic E-state index is -0.712. The molecule has 26 heavy (non-hydrogen) atoms. The van der Waals surface area contributed by atoms with Gasteiger partial charge in [0.15, 0.2) is 5.82 Å². The Balaban J connectivity index is 1.85. The van der Waals surface area contributed by atoms with Crippen molar-refractivity contribution in [2.75, 3.05) is 0 Å². The van der Waals surface area contributed by atoms with Crippen LogP contribution in [0.25, 0.3) is 10.6 Å². The minimum Gasteiger partial charge on any atom is -0.360 e. The van der Waals surface area contributed by atoms with Crippen molar-refractivity contribution in [1.82, 2.24) is 9.66 Å². The smallest absolute Gasteiger partial charge is 0.211 e. The highest BCUT2D eigenvalue weighted by atomic mass is 32.1. The molecule has 4 aromatic rings. The number of aromatic amines is 1. The predicted octanol–water partition coefficient (Wildman–Crippen LogP) is 5.00. The first-order chi connectivity index (χ1) is 12.7. The molecule has 4 rings (SSSR count). The predicted molar refractivity (Wildman–Crippen MR) is 101 cm³/mol. The molecular weight excluding hydrogens is 374 g/mol. The summed E-state index contributed by atoms with van der Waals surface area (Å²) < 4.78 is 28.8. The molecule has 0 radical (unpaired) electrons. The molecule has 3 heterocycles. The molecule has 0 aliphatic carbocycles. The largest absolute Gasteiger partial charge is 0.360 e. The first-order valence-corrected chi connectivity index (χ1v) is 9.38. The van der Waals surface area contributed by atoms with Crippen LogP contribution in [0.3, 0.4) is 0 Å². The molecule has 1 aromatic carbocycles. The summed E-state index contributed by atoms with van der Waals surface area (Å²) in [4.78, 5) is 8.89. The number of hydrogen-bond acceptors (Lipinski definition) is 4. The van der Waals surface area contributed by atoms with Crippen molar-refractivity contribution in [1.29, 1.82) is 0 Å². The van der Waals surface area contributed by atoms with Crippen molar-refractivity contribution < 1.29 is 8.78 Å². The Morgan fingerprint density at radius 2 is 2.00 bits per heavy atom. The molecule has 0 aliphatic heterocycles. The Hall–Kier alpha value is -2.84. The van der Waals surface area contributed by atoms with Gasteiger partial charge in [-0.3, -0.25) is 0 Å². The van der Waals surface area contributed by atoms with Gasteiger partial charge in [-0.2, -0.15) is 5.10 Å². The van der Waals surface area contributed by atoms with Gasteiger partial charge in [0.05, 0.1) is 22.5 Å². The van der Waals surface area contributed by atoms with Crippen LogP contribution >= 0.6 is 22.7 Å². The number of thiophene rings is 1. The molecule has 3 aromatic heterocycles. The monoisotopic (exact) mass is 386 g/mol. The molecule has 0 atom stereocenters. The van der Waals surface area contributed by atoms with Gasteiger partial charge in [0.25, 0.3) is 0 Å². The summed E-state index contributed by atoms with van der Waals surface area (Å²) in [5, 5.41) is 8.38. The number of H-pyrrole nitrogens is 1. The Kier molecular flexibility index (Phi) is 4.59. The quantitative estimate of drug-likeness (QED) is 0.480. The van der Waals surface area contributed by atoms with E-state index in [-0.39, 0.29) is 5.69 Å². The fraction of sp³-hybridized carbons (Fsp3) is 0. The van der Waals surface area contributed by atoms with Crippen LogP contribution in [-0.2, 0) is 0 Å². The summed E-state index contributed by atoms with van der Waals surface area (Å²) in [7, 11) is 0. The van der Waals surface area contributed by atoms with E-state index in [0.29, 0.717) is 4.80 Å². The van der Waals surface area contributed by atoms with Crippen LogP contribution in [0, 0.1) is 11.6 Å². The highest BCUT2D eigenvalue weighted by Gasteiger charge is 2.10. The lowest BCUT2D eigenvalue weighted by atomic mass is 10.3. The summed E-state index contributed by atoms with van der Waals surface area (Å²) >= 11 is 2.92. The van der Waals surface area contributed by atoms with Gasteiger partial charge in [-0.25, -0.2) is 18.4 Å². The van der Waals surface area contributed by atoms with Crippen molar-refractivity contribution in [3.05, 3.63) is 81.6 Å². The first-order valence-electron chi connectivity index (χ1n) is 7.62. The van der Waals surface area contributed by atoms with Crippen LogP contribution in [0.1, 0.15) is 5.69 Å². The zero-order chi connectivity index (χ0) is 17.9. The molecule has 0 saturated carbocycles. The van der Waals surface area contributed by atoms with Gasteiger partial charge in [-0.1, -0.05) is 6.07 Å². The maximum atomic E-state index is 14.0.